The average Bonchev–Trinajstić information content (AvgIpc) is 3.58. The first kappa shape index (κ1) is 31.5. The van der Waals surface area contributed by atoms with Crippen LogP contribution in [0.4, 0.5) is 4.39 Å². The van der Waals surface area contributed by atoms with Crippen LogP contribution in [0.1, 0.15) is 113 Å². The second-order valence-corrected chi connectivity index (χ2v) is 14.5. The summed E-state index contributed by atoms with van der Waals surface area (Å²) in [4.78, 5) is 34.5. The van der Waals surface area contributed by atoms with Crippen molar-refractivity contribution >= 4 is 17.5 Å². The third-order valence-corrected chi connectivity index (χ3v) is 9.13. The monoisotopic (exact) mass is 601 g/mol. The molecular formula is C34H44FN7O2. The van der Waals surface area contributed by atoms with Crippen LogP contribution < -0.4 is 5.32 Å². The molecule has 234 valence electrons. The van der Waals surface area contributed by atoms with Gasteiger partial charge < -0.3 is 10.2 Å². The minimum Gasteiger partial charge on any atom is -0.345 e. The molecule has 1 spiro atoms. The first-order valence-electron chi connectivity index (χ1n) is 15.6. The lowest BCUT2D eigenvalue weighted by Gasteiger charge is -2.47. The summed E-state index contributed by atoms with van der Waals surface area (Å²) >= 11 is 0. The molecule has 10 heteroatoms. The Hall–Kier alpha value is -3.95. The molecule has 0 unspecified atom stereocenters. The normalized spacial score (nSPS) is 21.4. The minimum atomic E-state index is -0.705. The highest BCUT2D eigenvalue weighted by Crippen LogP contribution is 2.50. The van der Waals surface area contributed by atoms with Crippen LogP contribution in [0, 0.1) is 22.6 Å². The number of H-pyrrole nitrogens is 1. The highest BCUT2D eigenvalue weighted by atomic mass is 19.1. The summed E-state index contributed by atoms with van der Waals surface area (Å²) < 4.78 is 14.4. The van der Waals surface area contributed by atoms with E-state index in [0.29, 0.717) is 28.6 Å². The van der Waals surface area contributed by atoms with Gasteiger partial charge in [0.25, 0.3) is 11.8 Å². The molecule has 1 aliphatic heterocycles. The van der Waals surface area contributed by atoms with E-state index in [1.54, 1.807) is 24.3 Å². The van der Waals surface area contributed by atoms with Crippen molar-refractivity contribution in [1.29, 1.82) is 0 Å². The fourth-order valence-corrected chi connectivity index (χ4v) is 6.56. The molecule has 2 aliphatic rings. The maximum Gasteiger partial charge on any atom is 0.275 e. The van der Waals surface area contributed by atoms with Crippen LogP contribution in [0.3, 0.4) is 0 Å². The van der Waals surface area contributed by atoms with Gasteiger partial charge in [-0.2, -0.15) is 5.21 Å². The zero-order valence-corrected chi connectivity index (χ0v) is 26.7. The van der Waals surface area contributed by atoms with Gasteiger partial charge in [-0.15, -0.1) is 10.2 Å². The predicted octanol–water partition coefficient (Wildman–Crippen LogP) is 6.40. The van der Waals surface area contributed by atoms with Crippen LogP contribution in [0.25, 0.3) is 0 Å². The van der Waals surface area contributed by atoms with Crippen molar-refractivity contribution in [3.63, 3.8) is 0 Å². The number of rotatable bonds is 8. The Balaban J connectivity index is 1.49. The number of aliphatic imine (C=N–C) groups is 1. The number of nitrogens with zero attached hydrogens (tertiary/aromatic N) is 5. The van der Waals surface area contributed by atoms with Gasteiger partial charge in [0.15, 0.2) is 5.82 Å². The van der Waals surface area contributed by atoms with Crippen molar-refractivity contribution in [2.24, 2.45) is 21.7 Å². The summed E-state index contributed by atoms with van der Waals surface area (Å²) in [5.74, 6) is 0.116. The van der Waals surface area contributed by atoms with Crippen LogP contribution in [-0.4, -0.2) is 48.7 Å². The molecule has 2 heterocycles. The maximum absolute atomic E-state index is 14.5. The second kappa shape index (κ2) is 12.2. The van der Waals surface area contributed by atoms with E-state index in [2.05, 4.69) is 67.5 Å². The number of aromatic nitrogens is 4. The first-order valence-corrected chi connectivity index (χ1v) is 15.6. The molecule has 1 atom stereocenters. The molecule has 0 bridgehead atoms. The smallest absolute Gasteiger partial charge is 0.275 e. The van der Waals surface area contributed by atoms with Gasteiger partial charge in [-0.25, -0.2) is 4.39 Å². The van der Waals surface area contributed by atoms with Crippen LogP contribution in [0.5, 0.6) is 0 Å². The SMILES string of the molecule is CC(C)(C)CC[C@H](c1ccc(C(=O)NCc2nn[nH]n2)cc1)N1C(=O)C(c2cccc(F)c2)=NC12CCC(C(C)(C)C)CC2. The second-order valence-electron chi connectivity index (χ2n) is 14.5. The van der Waals surface area contributed by atoms with Crippen molar-refractivity contribution in [2.75, 3.05) is 0 Å². The first-order chi connectivity index (χ1) is 20.8. The number of aromatic amines is 1. The van der Waals surface area contributed by atoms with Crippen LogP contribution in [0.15, 0.2) is 53.5 Å². The average molecular weight is 602 g/mol. The molecule has 1 aromatic heterocycles. The molecule has 2 N–H and O–H groups in total. The Morgan fingerprint density at radius 2 is 1.80 bits per heavy atom. The van der Waals surface area contributed by atoms with Crippen molar-refractivity contribution in [3.8, 4) is 0 Å². The summed E-state index contributed by atoms with van der Waals surface area (Å²) in [6.45, 7) is 13.6. The molecule has 1 saturated carbocycles. The molecule has 2 amide bonds. The lowest BCUT2D eigenvalue weighted by Crippen LogP contribution is -2.51. The van der Waals surface area contributed by atoms with E-state index in [1.165, 1.54) is 12.1 Å². The van der Waals surface area contributed by atoms with Gasteiger partial charge in [0, 0.05) is 11.1 Å². The molecule has 1 fully saturated rings. The third kappa shape index (κ3) is 6.89. The van der Waals surface area contributed by atoms with Gasteiger partial charge in [-0.05, 0) is 85.1 Å². The van der Waals surface area contributed by atoms with Crippen LogP contribution in [-0.2, 0) is 11.3 Å². The summed E-state index contributed by atoms with van der Waals surface area (Å²) in [5, 5.41) is 16.4. The predicted molar refractivity (Wildman–Crippen MR) is 167 cm³/mol. The highest BCUT2D eigenvalue weighted by molar-refractivity contribution is 6.46. The molecule has 3 aromatic rings. The molecule has 0 saturated heterocycles. The Labute approximate surface area is 259 Å². The number of halogens is 1. The molecule has 1 aliphatic carbocycles. The zero-order chi connectivity index (χ0) is 31.7. The quantitative estimate of drug-likeness (QED) is 0.310. The highest BCUT2D eigenvalue weighted by Gasteiger charge is 2.52. The molecule has 2 aromatic carbocycles. The molecule has 0 radical (unpaired) electrons. The minimum absolute atomic E-state index is 0.0410. The van der Waals surface area contributed by atoms with E-state index in [-0.39, 0.29) is 41.0 Å². The van der Waals surface area contributed by atoms with Crippen molar-refractivity contribution in [3.05, 3.63) is 76.9 Å². The number of tetrazole rings is 1. The standard InChI is InChI=1S/C34H44FN7O2/c1-32(2,3)17-16-27(22-10-12-23(13-11-22)30(43)36-21-28-38-40-41-39-28)42-31(44)29(24-8-7-9-26(35)20-24)37-34(42)18-14-25(15-19-34)33(4,5)6/h7-13,20,25,27H,14-19,21H2,1-6H3,(H,36,43)(H,38,39,40,41)/t25?,27-,34?/m1/s1. The van der Waals surface area contributed by atoms with Gasteiger partial charge in [0.1, 0.15) is 17.2 Å². The van der Waals surface area contributed by atoms with E-state index in [1.807, 2.05) is 17.0 Å². The van der Waals surface area contributed by atoms with Crippen molar-refractivity contribution < 1.29 is 14.0 Å². The molecule has 5 rings (SSSR count). The number of carbonyl (C=O) groups is 2. The number of hydrogen-bond donors (Lipinski definition) is 2. The molecule has 9 nitrogen and oxygen atoms in total. The fraction of sp³-hybridized carbons (Fsp3) is 0.529. The summed E-state index contributed by atoms with van der Waals surface area (Å²) in [6.07, 6.45) is 5.03. The summed E-state index contributed by atoms with van der Waals surface area (Å²) in [5.41, 5.74) is 1.79. The number of hydrogen-bond acceptors (Lipinski definition) is 6. The van der Waals surface area contributed by atoms with Crippen molar-refractivity contribution in [1.82, 2.24) is 30.8 Å². The largest absolute Gasteiger partial charge is 0.345 e. The topological polar surface area (TPSA) is 116 Å². The van der Waals surface area contributed by atoms with E-state index < -0.39 is 5.66 Å². The zero-order valence-electron chi connectivity index (χ0n) is 26.7. The van der Waals surface area contributed by atoms with Gasteiger partial charge in [0.05, 0.1) is 12.6 Å². The lowest BCUT2D eigenvalue weighted by atomic mass is 9.69. The van der Waals surface area contributed by atoms with Crippen LogP contribution >= 0.6 is 0 Å². The van der Waals surface area contributed by atoms with E-state index in [0.717, 1.165) is 44.1 Å². The molecular weight excluding hydrogens is 557 g/mol. The van der Waals surface area contributed by atoms with E-state index in [9.17, 15) is 14.0 Å². The van der Waals surface area contributed by atoms with Gasteiger partial charge in [-0.3, -0.25) is 14.6 Å². The summed E-state index contributed by atoms with van der Waals surface area (Å²) in [6, 6.07) is 13.4. The third-order valence-electron chi connectivity index (χ3n) is 9.13. The summed E-state index contributed by atoms with van der Waals surface area (Å²) in [7, 11) is 0. The Morgan fingerprint density at radius 3 is 2.39 bits per heavy atom. The van der Waals surface area contributed by atoms with E-state index in [4.69, 9.17) is 4.99 Å². The lowest BCUT2D eigenvalue weighted by molar-refractivity contribution is -0.134. The number of amides is 2. The molecule has 44 heavy (non-hydrogen) atoms. The van der Waals surface area contributed by atoms with Crippen molar-refractivity contribution in [2.45, 2.75) is 98.3 Å². The van der Waals surface area contributed by atoms with E-state index >= 15 is 0 Å². The maximum atomic E-state index is 14.5. The Kier molecular flexibility index (Phi) is 8.73. The van der Waals surface area contributed by atoms with Gasteiger partial charge in [0.2, 0.25) is 0 Å². The van der Waals surface area contributed by atoms with Gasteiger partial charge >= 0.3 is 0 Å². The fourth-order valence-electron chi connectivity index (χ4n) is 6.56. The Morgan fingerprint density at radius 1 is 1.09 bits per heavy atom. The number of carbonyl (C=O) groups excluding carboxylic acids is 2. The Bertz CT molecular complexity index is 1500. The number of nitrogens with one attached hydrogen (secondary N) is 2. The number of benzene rings is 2. The van der Waals surface area contributed by atoms with Gasteiger partial charge in [-0.1, -0.05) is 71.0 Å². The van der Waals surface area contributed by atoms with Crippen LogP contribution in [0.2, 0.25) is 0 Å².